The number of pyridine rings is 1. The second-order valence-corrected chi connectivity index (χ2v) is 14.6. The maximum Gasteiger partial charge on any atom is 0.380 e. The van der Waals surface area contributed by atoms with Crippen molar-refractivity contribution in [2.75, 3.05) is 18.5 Å². The van der Waals surface area contributed by atoms with Gasteiger partial charge in [0.2, 0.25) is 0 Å². The molecule has 0 bridgehead atoms. The van der Waals surface area contributed by atoms with Crippen LogP contribution in [0.4, 0.5) is 0 Å². The molecule has 0 saturated heterocycles. The molecule has 29 heavy (non-hydrogen) atoms. The van der Waals surface area contributed by atoms with Crippen LogP contribution in [-0.4, -0.2) is 35.7 Å². The van der Waals surface area contributed by atoms with Crippen molar-refractivity contribution in [3.05, 3.63) is 18.3 Å². The zero-order valence-corrected chi connectivity index (χ0v) is 21.6. The highest BCUT2D eigenvalue weighted by Gasteiger charge is 2.40. The molecule has 0 aromatic carbocycles. The largest absolute Gasteiger partial charge is 0.380 e. The van der Waals surface area contributed by atoms with Crippen LogP contribution >= 0.6 is 14.9 Å². The van der Waals surface area contributed by atoms with E-state index in [9.17, 15) is 4.57 Å². The molecule has 0 N–H and O–H groups in total. The lowest BCUT2D eigenvalue weighted by Gasteiger charge is -2.29. The second-order valence-electron chi connectivity index (χ2n) is 8.55. The van der Waals surface area contributed by atoms with Crippen molar-refractivity contribution in [2.45, 2.75) is 99.2 Å². The number of nitrogens with zero attached hydrogens (tertiary/aromatic N) is 1. The van der Waals surface area contributed by atoms with E-state index in [0.717, 1.165) is 0 Å². The Morgan fingerprint density at radius 1 is 0.897 bits per heavy atom. The third-order valence-corrected chi connectivity index (χ3v) is 12.2. The second kappa shape index (κ2) is 13.2. The molecule has 6 heteroatoms. The Hall–Kier alpha value is -0.270. The lowest BCUT2D eigenvalue weighted by molar-refractivity contribution is 0.149. The van der Waals surface area contributed by atoms with E-state index < -0.39 is 14.9 Å². The first-order chi connectivity index (χ1) is 13.7. The van der Waals surface area contributed by atoms with Gasteiger partial charge in [-0.2, -0.15) is 0 Å². The Bertz CT molecular complexity index is 599. The molecule has 0 aliphatic heterocycles. The summed E-state index contributed by atoms with van der Waals surface area (Å²) in [5.41, 5.74) is 0.478. The maximum atomic E-state index is 13.7. The zero-order valence-electron chi connectivity index (χ0n) is 19.8. The van der Waals surface area contributed by atoms with Crippen LogP contribution in [0.1, 0.15) is 87.0 Å². The summed E-state index contributed by atoms with van der Waals surface area (Å²) < 4.78 is 25.3. The van der Waals surface area contributed by atoms with Gasteiger partial charge in [-0.1, -0.05) is 40.0 Å². The normalized spacial score (nSPS) is 12.9. The summed E-state index contributed by atoms with van der Waals surface area (Å²) in [4.78, 5) is 4.48. The van der Waals surface area contributed by atoms with Gasteiger partial charge in [-0.3, -0.25) is 4.57 Å². The van der Waals surface area contributed by atoms with Crippen LogP contribution in [0.25, 0.3) is 0 Å². The van der Waals surface area contributed by atoms with Gasteiger partial charge in [-0.15, -0.1) is 0 Å². The summed E-state index contributed by atoms with van der Waals surface area (Å²) in [6, 6.07) is 4.24. The Morgan fingerprint density at radius 2 is 1.34 bits per heavy atom. The highest BCUT2D eigenvalue weighted by atomic mass is 31.2. The van der Waals surface area contributed by atoms with Gasteiger partial charge in [-0.25, -0.2) is 4.98 Å². The average Bonchev–Trinajstić information content (AvgIpc) is 2.66. The van der Waals surface area contributed by atoms with E-state index in [0.29, 0.717) is 5.44 Å². The van der Waals surface area contributed by atoms with Gasteiger partial charge in [0, 0.05) is 19.5 Å². The van der Waals surface area contributed by atoms with E-state index in [1.165, 1.54) is 62.3 Å². The van der Waals surface area contributed by atoms with Gasteiger partial charge in [0.15, 0.2) is 5.44 Å². The molecule has 168 valence electrons. The molecule has 0 atom stereocenters. The molecule has 0 aliphatic rings. The summed E-state index contributed by atoms with van der Waals surface area (Å²) in [5.74, 6) is 0. The molecular weight excluding hydrogens is 400 g/mol. The zero-order chi connectivity index (χ0) is 21.9. The van der Waals surface area contributed by atoms with Gasteiger partial charge in [0.1, 0.15) is 0 Å². The molecule has 0 unspecified atom stereocenters. The lowest BCUT2D eigenvalue weighted by Crippen LogP contribution is -2.27. The summed E-state index contributed by atoms with van der Waals surface area (Å²) in [5, 5.41) is 1.36. The molecule has 1 aromatic heterocycles. The number of hydrogen-bond donors (Lipinski definition) is 0. The molecular formula is C23H44NO3P2+. The van der Waals surface area contributed by atoms with Crippen molar-refractivity contribution in [3.63, 3.8) is 0 Å². The van der Waals surface area contributed by atoms with E-state index in [1.54, 1.807) is 0 Å². The number of aromatic nitrogens is 1. The third-order valence-electron chi connectivity index (χ3n) is 5.08. The average molecular weight is 445 g/mol. The van der Waals surface area contributed by atoms with Crippen molar-refractivity contribution < 1.29 is 13.6 Å². The highest BCUT2D eigenvalue weighted by molar-refractivity contribution is 7.83. The quantitative estimate of drug-likeness (QED) is 0.279. The molecule has 0 amide bonds. The van der Waals surface area contributed by atoms with Crippen molar-refractivity contribution in [1.82, 2.24) is 4.98 Å². The monoisotopic (exact) mass is 444 g/mol. The fourth-order valence-electron chi connectivity index (χ4n) is 3.65. The van der Waals surface area contributed by atoms with Crippen LogP contribution in [-0.2, 0) is 13.6 Å². The van der Waals surface area contributed by atoms with Crippen molar-refractivity contribution in [1.29, 1.82) is 0 Å². The van der Waals surface area contributed by atoms with Gasteiger partial charge in [-0.05, 0) is 53.0 Å². The molecule has 0 spiro atoms. The Kier molecular flexibility index (Phi) is 12.2. The van der Waals surface area contributed by atoms with E-state index >= 15 is 0 Å². The van der Waals surface area contributed by atoms with Crippen molar-refractivity contribution in [3.8, 4) is 0 Å². The predicted octanol–water partition coefficient (Wildman–Crippen LogP) is 6.79. The number of hydrogen-bond acceptors (Lipinski definition) is 4. The van der Waals surface area contributed by atoms with Crippen LogP contribution in [0.5, 0.6) is 0 Å². The molecule has 1 heterocycles. The molecule has 1 aromatic rings. The number of unbranched alkanes of at least 4 members (excludes halogenated alkanes) is 3. The molecule has 0 fully saturated rings. The fourth-order valence-corrected chi connectivity index (χ4v) is 10.6. The van der Waals surface area contributed by atoms with Gasteiger partial charge < -0.3 is 9.05 Å². The van der Waals surface area contributed by atoms with Crippen LogP contribution in [0.3, 0.4) is 0 Å². The molecule has 0 radical (unpaired) electrons. The summed E-state index contributed by atoms with van der Waals surface area (Å²) >= 11 is 0. The SMILES string of the molecule is CCCC[P+](CCCC)(CCCC)c1ccnc(P(=O)(OC(C)C)OC(C)C)c1. The molecule has 4 nitrogen and oxygen atoms in total. The van der Waals surface area contributed by atoms with Crippen LogP contribution in [0, 0.1) is 0 Å². The van der Waals surface area contributed by atoms with E-state index in [-0.39, 0.29) is 12.2 Å². The Morgan fingerprint density at radius 3 is 1.72 bits per heavy atom. The minimum absolute atomic E-state index is 0.190. The van der Waals surface area contributed by atoms with E-state index in [4.69, 9.17) is 9.05 Å². The maximum absolute atomic E-state index is 13.7. The minimum atomic E-state index is -3.45. The van der Waals surface area contributed by atoms with E-state index in [1.807, 2.05) is 33.9 Å². The lowest BCUT2D eigenvalue weighted by atomic mass is 10.4. The number of rotatable bonds is 15. The van der Waals surface area contributed by atoms with E-state index in [2.05, 4.69) is 37.9 Å². The van der Waals surface area contributed by atoms with Crippen molar-refractivity contribution in [2.24, 2.45) is 0 Å². The fraction of sp³-hybridized carbons (Fsp3) is 0.783. The molecule has 0 saturated carbocycles. The third kappa shape index (κ3) is 8.41. The smallest absolute Gasteiger partial charge is 0.301 e. The molecule has 1 rings (SSSR count). The summed E-state index contributed by atoms with van der Waals surface area (Å²) in [6.45, 7) is 14.4. The Labute approximate surface area is 180 Å². The first-order valence-corrected chi connectivity index (χ1v) is 15.4. The first-order valence-electron chi connectivity index (χ1n) is 11.5. The standard InChI is InChI=1S/C23H44NO3P2/c1-8-11-16-28(17-12-9-2,18-13-10-3)22-14-15-24-23(19-22)29(25,26-20(4)5)27-21(6)7/h14-15,19-21H,8-13,16-18H2,1-7H3/q+1. The molecule has 0 aliphatic carbocycles. The first kappa shape index (κ1) is 26.8. The summed E-state index contributed by atoms with van der Waals surface area (Å²) in [6.07, 6.45) is 12.6. The van der Waals surface area contributed by atoms with Crippen LogP contribution in [0.2, 0.25) is 0 Å². The predicted molar refractivity (Wildman–Crippen MR) is 130 cm³/mol. The van der Waals surface area contributed by atoms with Crippen molar-refractivity contribution >= 4 is 25.6 Å². The highest BCUT2D eigenvalue weighted by Crippen LogP contribution is 2.60. The summed E-state index contributed by atoms with van der Waals surface area (Å²) in [7, 11) is -4.79. The van der Waals surface area contributed by atoms with Crippen LogP contribution in [0.15, 0.2) is 18.3 Å². The van der Waals surface area contributed by atoms with Gasteiger partial charge in [0.25, 0.3) is 0 Å². The van der Waals surface area contributed by atoms with Gasteiger partial charge in [0.05, 0.1) is 36.0 Å². The van der Waals surface area contributed by atoms with Crippen LogP contribution < -0.4 is 10.7 Å². The topological polar surface area (TPSA) is 48.4 Å². The Balaban J connectivity index is 3.44. The van der Waals surface area contributed by atoms with Gasteiger partial charge >= 0.3 is 7.60 Å². The minimum Gasteiger partial charge on any atom is -0.301 e.